The van der Waals surface area contributed by atoms with Crippen molar-refractivity contribution >= 4 is 56.3 Å². The highest BCUT2D eigenvalue weighted by Crippen LogP contribution is 2.25. The first kappa shape index (κ1) is 22.8. The molecule has 3 rings (SSSR count). The number of ketones is 1. The number of sulfonamides is 1. The van der Waals surface area contributed by atoms with Gasteiger partial charge in [0, 0.05) is 22.2 Å². The SMILES string of the molecule is CC(=O)Cc1ccc(S(=O)(=O)Nc2ccccc2C(=O)Nc2cc(Cl)cc(Cl)c2)cc1. The topological polar surface area (TPSA) is 92.3 Å². The van der Waals surface area contributed by atoms with Gasteiger partial charge in [-0.1, -0.05) is 47.5 Å². The lowest BCUT2D eigenvalue weighted by Gasteiger charge is -2.13. The van der Waals surface area contributed by atoms with Crippen molar-refractivity contribution in [2.24, 2.45) is 0 Å². The van der Waals surface area contributed by atoms with Gasteiger partial charge in [-0.25, -0.2) is 8.42 Å². The van der Waals surface area contributed by atoms with E-state index in [2.05, 4.69) is 10.0 Å². The van der Waals surface area contributed by atoms with Crippen LogP contribution in [0.25, 0.3) is 0 Å². The normalized spacial score (nSPS) is 11.1. The van der Waals surface area contributed by atoms with E-state index in [9.17, 15) is 18.0 Å². The van der Waals surface area contributed by atoms with E-state index in [1.807, 2.05) is 0 Å². The summed E-state index contributed by atoms with van der Waals surface area (Å²) in [5, 5.41) is 3.36. The molecular formula is C22H18Cl2N2O4S. The molecule has 0 aliphatic heterocycles. The van der Waals surface area contributed by atoms with Crippen LogP contribution < -0.4 is 10.0 Å². The number of anilines is 2. The van der Waals surface area contributed by atoms with Gasteiger partial charge in [0.25, 0.3) is 15.9 Å². The van der Waals surface area contributed by atoms with Crippen molar-refractivity contribution in [3.63, 3.8) is 0 Å². The second-order valence-electron chi connectivity index (χ2n) is 6.79. The Morgan fingerprint density at radius 3 is 2.13 bits per heavy atom. The van der Waals surface area contributed by atoms with Gasteiger partial charge in [0.1, 0.15) is 5.78 Å². The summed E-state index contributed by atoms with van der Waals surface area (Å²) in [4.78, 5) is 24.0. The largest absolute Gasteiger partial charge is 0.322 e. The minimum atomic E-state index is -3.96. The fourth-order valence-electron chi connectivity index (χ4n) is 2.87. The Labute approximate surface area is 190 Å². The van der Waals surface area contributed by atoms with Crippen molar-refractivity contribution in [2.45, 2.75) is 18.2 Å². The van der Waals surface area contributed by atoms with Crippen LogP contribution in [0, 0.1) is 0 Å². The van der Waals surface area contributed by atoms with Crippen molar-refractivity contribution in [3.8, 4) is 0 Å². The first-order valence-electron chi connectivity index (χ1n) is 9.12. The van der Waals surface area contributed by atoms with Crippen molar-refractivity contribution in [2.75, 3.05) is 10.0 Å². The molecule has 0 spiro atoms. The van der Waals surface area contributed by atoms with Crippen LogP contribution in [-0.2, 0) is 21.2 Å². The van der Waals surface area contributed by atoms with Crippen LogP contribution in [0.3, 0.4) is 0 Å². The molecule has 0 bridgehead atoms. The maximum atomic E-state index is 12.8. The Morgan fingerprint density at radius 2 is 1.52 bits per heavy atom. The molecule has 6 nitrogen and oxygen atoms in total. The monoisotopic (exact) mass is 476 g/mol. The average molecular weight is 477 g/mol. The smallest absolute Gasteiger partial charge is 0.261 e. The highest BCUT2D eigenvalue weighted by atomic mass is 35.5. The van der Waals surface area contributed by atoms with Crippen molar-refractivity contribution in [1.82, 2.24) is 0 Å². The molecule has 160 valence electrons. The van der Waals surface area contributed by atoms with Crippen molar-refractivity contribution in [1.29, 1.82) is 0 Å². The molecule has 0 aliphatic rings. The molecule has 3 aromatic carbocycles. The van der Waals surface area contributed by atoms with Crippen LogP contribution in [0.4, 0.5) is 11.4 Å². The van der Waals surface area contributed by atoms with Gasteiger partial charge in [-0.3, -0.25) is 14.3 Å². The summed E-state index contributed by atoms with van der Waals surface area (Å²) >= 11 is 11.9. The molecule has 0 aliphatic carbocycles. The third kappa shape index (κ3) is 6.07. The lowest BCUT2D eigenvalue weighted by atomic mass is 10.1. The molecule has 0 aromatic heterocycles. The lowest BCUT2D eigenvalue weighted by molar-refractivity contribution is -0.116. The molecule has 0 fully saturated rings. The number of hydrogen-bond acceptors (Lipinski definition) is 4. The van der Waals surface area contributed by atoms with Crippen LogP contribution in [0.15, 0.2) is 71.6 Å². The van der Waals surface area contributed by atoms with Crippen LogP contribution in [0.1, 0.15) is 22.8 Å². The number of Topliss-reactive ketones (excluding diaryl/α,β-unsaturated/α-hetero) is 1. The van der Waals surface area contributed by atoms with E-state index < -0.39 is 15.9 Å². The van der Waals surface area contributed by atoms with Gasteiger partial charge in [0.05, 0.1) is 16.1 Å². The Kier molecular flexibility index (Phi) is 7.00. The number of carbonyl (C=O) groups excluding carboxylic acids is 2. The molecule has 31 heavy (non-hydrogen) atoms. The summed E-state index contributed by atoms with van der Waals surface area (Å²) in [6.45, 7) is 1.46. The summed E-state index contributed by atoms with van der Waals surface area (Å²) < 4.78 is 28.1. The van der Waals surface area contributed by atoms with E-state index >= 15 is 0 Å². The van der Waals surface area contributed by atoms with E-state index in [1.54, 1.807) is 24.3 Å². The Hall–Kier alpha value is -2.87. The maximum Gasteiger partial charge on any atom is 0.261 e. The molecule has 2 N–H and O–H groups in total. The van der Waals surface area contributed by atoms with E-state index in [-0.39, 0.29) is 28.4 Å². The number of carbonyl (C=O) groups is 2. The standard InChI is InChI=1S/C22H18Cl2N2O4S/c1-14(27)10-15-6-8-19(9-7-15)31(29,30)26-21-5-3-2-4-20(21)22(28)25-18-12-16(23)11-17(24)13-18/h2-9,11-13,26H,10H2,1H3,(H,25,28). The van der Waals surface area contributed by atoms with Crippen LogP contribution in [-0.4, -0.2) is 20.1 Å². The number of para-hydroxylation sites is 1. The highest BCUT2D eigenvalue weighted by molar-refractivity contribution is 7.92. The van der Waals surface area contributed by atoms with Crippen LogP contribution in [0.5, 0.6) is 0 Å². The number of amides is 1. The molecule has 0 unspecified atom stereocenters. The Balaban J connectivity index is 1.84. The molecule has 9 heteroatoms. The molecule has 0 atom stereocenters. The molecular weight excluding hydrogens is 459 g/mol. The van der Waals surface area contributed by atoms with Gasteiger partial charge in [-0.2, -0.15) is 0 Å². The summed E-state index contributed by atoms with van der Waals surface area (Å²) in [7, 11) is -3.96. The van der Waals surface area contributed by atoms with E-state index in [0.29, 0.717) is 21.3 Å². The first-order chi connectivity index (χ1) is 14.6. The Morgan fingerprint density at radius 1 is 0.903 bits per heavy atom. The predicted molar refractivity (Wildman–Crippen MR) is 122 cm³/mol. The van der Waals surface area contributed by atoms with E-state index in [1.165, 1.54) is 49.4 Å². The van der Waals surface area contributed by atoms with E-state index in [0.717, 1.165) is 0 Å². The number of halogens is 2. The van der Waals surface area contributed by atoms with Crippen molar-refractivity contribution < 1.29 is 18.0 Å². The quantitative estimate of drug-likeness (QED) is 0.491. The van der Waals surface area contributed by atoms with Gasteiger partial charge in [0.15, 0.2) is 0 Å². The van der Waals surface area contributed by atoms with Crippen molar-refractivity contribution in [3.05, 3.63) is 87.9 Å². The zero-order valence-electron chi connectivity index (χ0n) is 16.4. The number of rotatable bonds is 7. The van der Waals surface area contributed by atoms with E-state index in [4.69, 9.17) is 23.2 Å². The summed E-state index contributed by atoms with van der Waals surface area (Å²) in [6.07, 6.45) is 0.226. The minimum absolute atomic E-state index is 0.0108. The van der Waals surface area contributed by atoms with Gasteiger partial charge in [0.2, 0.25) is 0 Å². The summed E-state index contributed by atoms with van der Waals surface area (Å²) in [5.74, 6) is -0.553. The zero-order chi connectivity index (χ0) is 22.6. The Bertz CT molecular complexity index is 1220. The fourth-order valence-corrected chi connectivity index (χ4v) is 4.48. The second kappa shape index (κ2) is 9.51. The molecule has 3 aromatic rings. The number of benzene rings is 3. The predicted octanol–water partition coefficient (Wildman–Crippen LogP) is 5.18. The molecule has 0 radical (unpaired) electrons. The molecule has 1 amide bonds. The third-order valence-electron chi connectivity index (χ3n) is 4.22. The average Bonchev–Trinajstić information content (AvgIpc) is 2.67. The summed E-state index contributed by atoms with van der Waals surface area (Å²) in [6, 6.07) is 16.8. The maximum absolute atomic E-state index is 12.8. The highest BCUT2D eigenvalue weighted by Gasteiger charge is 2.19. The molecule has 0 heterocycles. The van der Waals surface area contributed by atoms with Gasteiger partial charge in [-0.05, 0) is 55.0 Å². The first-order valence-corrected chi connectivity index (χ1v) is 11.4. The molecule has 0 saturated carbocycles. The minimum Gasteiger partial charge on any atom is -0.322 e. The third-order valence-corrected chi connectivity index (χ3v) is 6.04. The molecule has 0 saturated heterocycles. The van der Waals surface area contributed by atoms with Crippen LogP contribution in [0.2, 0.25) is 10.0 Å². The number of nitrogens with one attached hydrogen (secondary N) is 2. The summed E-state index contributed by atoms with van der Waals surface area (Å²) in [5.41, 5.74) is 1.32. The number of hydrogen-bond donors (Lipinski definition) is 2. The van der Waals surface area contributed by atoms with Gasteiger partial charge in [-0.15, -0.1) is 0 Å². The van der Waals surface area contributed by atoms with Gasteiger partial charge >= 0.3 is 0 Å². The van der Waals surface area contributed by atoms with Crippen LogP contribution >= 0.6 is 23.2 Å². The second-order valence-corrected chi connectivity index (χ2v) is 9.34. The fraction of sp³-hybridized carbons (Fsp3) is 0.0909. The van der Waals surface area contributed by atoms with Gasteiger partial charge < -0.3 is 5.32 Å². The zero-order valence-corrected chi connectivity index (χ0v) is 18.7. The lowest BCUT2D eigenvalue weighted by Crippen LogP contribution is -2.18.